The minimum atomic E-state index is -3.53. The van der Waals surface area contributed by atoms with Crippen LogP contribution in [0, 0.1) is 12.7 Å². The molecule has 0 saturated carbocycles. The van der Waals surface area contributed by atoms with Crippen LogP contribution in [0.25, 0.3) is 16.8 Å². The Balaban J connectivity index is 1.94. The van der Waals surface area contributed by atoms with Gasteiger partial charge in [0, 0.05) is 24.5 Å². The monoisotopic (exact) mass is 456 g/mol. The molecule has 2 heterocycles. The van der Waals surface area contributed by atoms with Gasteiger partial charge in [-0.2, -0.15) is 0 Å². The summed E-state index contributed by atoms with van der Waals surface area (Å²) in [4.78, 5) is 16.5. The number of halogens is 1. The molecule has 1 N–H and O–H groups in total. The van der Waals surface area contributed by atoms with E-state index in [1.165, 1.54) is 36.1 Å². The third kappa shape index (κ3) is 4.09. The maximum Gasteiger partial charge on any atom is 0.276 e. The summed E-state index contributed by atoms with van der Waals surface area (Å²) in [7, 11) is -1.93. The molecule has 0 fully saturated rings. The van der Waals surface area contributed by atoms with Crippen molar-refractivity contribution in [1.29, 1.82) is 0 Å². The first-order valence-corrected chi connectivity index (χ1v) is 11.4. The van der Waals surface area contributed by atoms with Crippen molar-refractivity contribution < 1.29 is 17.5 Å². The van der Waals surface area contributed by atoms with E-state index < -0.39 is 15.8 Å². The van der Waals surface area contributed by atoms with E-state index in [2.05, 4.69) is 9.71 Å². The summed E-state index contributed by atoms with van der Waals surface area (Å²) < 4.78 is 50.0. The number of benzene rings is 2. The average Bonchev–Trinajstić information content (AvgIpc) is 3.24. The number of aryl methyl sites for hydroxylation is 2. The van der Waals surface area contributed by atoms with Gasteiger partial charge in [-0.25, -0.2) is 17.8 Å². The van der Waals surface area contributed by atoms with Gasteiger partial charge in [0.1, 0.15) is 11.3 Å². The molecule has 0 atom stereocenters. The molecule has 0 amide bonds. The standard InChI is InChI=1S/C22H21FN4O4S/c1-4-32(29,30)25-15-6-8-20(31-21-9-14(2)5-7-17(21)23)16(10-15)19-12-26(3)22(28)18-11-24-13-27(18)19/h5-13,25H,4H2,1-3H3. The lowest BCUT2D eigenvalue weighted by Gasteiger charge is -2.16. The Morgan fingerprint density at radius 1 is 1.16 bits per heavy atom. The van der Waals surface area contributed by atoms with Crippen LogP contribution in [0.5, 0.6) is 11.5 Å². The SMILES string of the molecule is CCS(=O)(=O)Nc1ccc(Oc2cc(C)ccc2F)c(-c2cn(C)c(=O)c3cncn23)c1. The number of rotatable bonds is 6. The molecule has 32 heavy (non-hydrogen) atoms. The van der Waals surface area contributed by atoms with Crippen LogP contribution in [-0.2, 0) is 17.1 Å². The Morgan fingerprint density at radius 3 is 2.69 bits per heavy atom. The number of imidazole rings is 1. The molecule has 0 unspecified atom stereocenters. The molecule has 0 aliphatic carbocycles. The molecule has 10 heteroatoms. The smallest absolute Gasteiger partial charge is 0.276 e. The molecular formula is C22H21FN4O4S. The second-order valence-corrected chi connectivity index (χ2v) is 9.34. The van der Waals surface area contributed by atoms with Gasteiger partial charge in [0.15, 0.2) is 11.6 Å². The highest BCUT2D eigenvalue weighted by atomic mass is 32.2. The zero-order chi connectivity index (χ0) is 23.0. The van der Waals surface area contributed by atoms with Gasteiger partial charge in [-0.15, -0.1) is 0 Å². The van der Waals surface area contributed by atoms with Crippen LogP contribution in [0.1, 0.15) is 12.5 Å². The topological polar surface area (TPSA) is 94.7 Å². The summed E-state index contributed by atoms with van der Waals surface area (Å²) in [6.07, 6.45) is 4.51. The van der Waals surface area contributed by atoms with Crippen LogP contribution >= 0.6 is 0 Å². The van der Waals surface area contributed by atoms with Crippen molar-refractivity contribution in [3.8, 4) is 22.8 Å². The normalized spacial score (nSPS) is 11.6. The van der Waals surface area contributed by atoms with Crippen molar-refractivity contribution in [2.75, 3.05) is 10.5 Å². The Labute approximate surface area is 184 Å². The van der Waals surface area contributed by atoms with Crippen LogP contribution in [0.15, 0.2) is 59.9 Å². The Morgan fingerprint density at radius 2 is 1.94 bits per heavy atom. The second-order valence-electron chi connectivity index (χ2n) is 7.33. The molecule has 2 aromatic carbocycles. The molecule has 166 valence electrons. The van der Waals surface area contributed by atoms with Crippen LogP contribution in [0.4, 0.5) is 10.1 Å². The molecule has 2 aromatic heterocycles. The van der Waals surface area contributed by atoms with E-state index in [9.17, 15) is 17.6 Å². The number of nitrogens with one attached hydrogen (secondary N) is 1. The number of hydrogen-bond donors (Lipinski definition) is 1. The van der Waals surface area contributed by atoms with Crippen LogP contribution in [0.2, 0.25) is 0 Å². The Bertz CT molecular complexity index is 1490. The van der Waals surface area contributed by atoms with Gasteiger partial charge in [0.2, 0.25) is 10.0 Å². The van der Waals surface area contributed by atoms with E-state index in [1.54, 1.807) is 41.9 Å². The van der Waals surface area contributed by atoms with Crippen LogP contribution in [-0.4, -0.2) is 28.1 Å². The van der Waals surface area contributed by atoms with E-state index in [4.69, 9.17) is 4.74 Å². The second kappa shape index (κ2) is 8.12. The number of sulfonamides is 1. The molecule has 0 spiro atoms. The predicted molar refractivity (Wildman–Crippen MR) is 120 cm³/mol. The molecular weight excluding hydrogens is 435 g/mol. The minimum absolute atomic E-state index is 0.0276. The highest BCUT2D eigenvalue weighted by molar-refractivity contribution is 7.92. The minimum Gasteiger partial charge on any atom is -0.454 e. The maximum atomic E-state index is 14.4. The molecule has 8 nitrogen and oxygen atoms in total. The van der Waals surface area contributed by atoms with Crippen molar-refractivity contribution >= 4 is 21.2 Å². The van der Waals surface area contributed by atoms with Gasteiger partial charge in [0.05, 0.1) is 24.0 Å². The Kier molecular flexibility index (Phi) is 5.47. The fraction of sp³-hybridized carbons (Fsp3) is 0.182. The zero-order valence-electron chi connectivity index (χ0n) is 17.7. The van der Waals surface area contributed by atoms with Crippen molar-refractivity contribution in [2.45, 2.75) is 13.8 Å². The molecule has 0 aliphatic rings. The summed E-state index contributed by atoms with van der Waals surface area (Å²) in [6.45, 7) is 3.35. The highest BCUT2D eigenvalue weighted by Gasteiger charge is 2.18. The molecule has 0 bridgehead atoms. The van der Waals surface area contributed by atoms with Crippen molar-refractivity contribution in [3.63, 3.8) is 0 Å². The fourth-order valence-corrected chi connectivity index (χ4v) is 3.90. The lowest BCUT2D eigenvalue weighted by atomic mass is 10.1. The highest BCUT2D eigenvalue weighted by Crippen LogP contribution is 2.36. The van der Waals surface area contributed by atoms with Gasteiger partial charge >= 0.3 is 0 Å². The molecule has 0 aliphatic heterocycles. The third-order valence-corrected chi connectivity index (χ3v) is 6.28. The first kappa shape index (κ1) is 21.6. The molecule has 0 radical (unpaired) electrons. The zero-order valence-corrected chi connectivity index (χ0v) is 18.5. The number of hydrogen-bond acceptors (Lipinski definition) is 5. The van der Waals surface area contributed by atoms with Gasteiger partial charge in [0.25, 0.3) is 5.56 Å². The largest absolute Gasteiger partial charge is 0.454 e. The average molecular weight is 456 g/mol. The Hall–Kier alpha value is -3.66. The quantitative estimate of drug-likeness (QED) is 0.477. The summed E-state index contributed by atoms with van der Waals surface area (Å²) in [6, 6.07) is 9.18. The van der Waals surface area contributed by atoms with E-state index >= 15 is 0 Å². The molecule has 0 saturated heterocycles. The predicted octanol–water partition coefficient (Wildman–Crippen LogP) is 3.70. The number of nitrogens with zero attached hydrogens (tertiary/aromatic N) is 3. The first-order chi connectivity index (χ1) is 15.2. The van der Waals surface area contributed by atoms with E-state index in [0.717, 1.165) is 5.56 Å². The summed E-state index contributed by atoms with van der Waals surface area (Å²) >= 11 is 0. The maximum absolute atomic E-state index is 14.4. The summed E-state index contributed by atoms with van der Waals surface area (Å²) in [5, 5.41) is 0. The van der Waals surface area contributed by atoms with Gasteiger partial charge in [-0.1, -0.05) is 6.07 Å². The van der Waals surface area contributed by atoms with E-state index in [1.807, 2.05) is 6.92 Å². The molecule has 4 rings (SSSR count). The summed E-state index contributed by atoms with van der Waals surface area (Å²) in [5.41, 5.74) is 2.16. The van der Waals surface area contributed by atoms with Crippen molar-refractivity contribution in [2.24, 2.45) is 7.05 Å². The summed E-state index contributed by atoms with van der Waals surface area (Å²) in [5.74, 6) is -0.325. The third-order valence-electron chi connectivity index (χ3n) is 4.97. The number of fused-ring (bicyclic) bond motifs is 1. The van der Waals surface area contributed by atoms with Crippen molar-refractivity contribution in [3.05, 3.63) is 76.9 Å². The van der Waals surface area contributed by atoms with Gasteiger partial charge in [-0.3, -0.25) is 13.9 Å². The van der Waals surface area contributed by atoms with E-state index in [-0.39, 0.29) is 22.8 Å². The lowest BCUT2D eigenvalue weighted by Crippen LogP contribution is -2.19. The number of aromatic nitrogens is 3. The first-order valence-electron chi connectivity index (χ1n) is 9.79. The number of anilines is 1. The van der Waals surface area contributed by atoms with Crippen LogP contribution in [0.3, 0.4) is 0 Å². The van der Waals surface area contributed by atoms with Crippen molar-refractivity contribution in [1.82, 2.24) is 14.0 Å². The van der Waals surface area contributed by atoms with Gasteiger partial charge in [-0.05, 0) is 49.7 Å². The van der Waals surface area contributed by atoms with Gasteiger partial charge < -0.3 is 9.30 Å². The fourth-order valence-electron chi connectivity index (χ4n) is 3.27. The number of ether oxygens (including phenoxy) is 1. The van der Waals surface area contributed by atoms with E-state index in [0.29, 0.717) is 22.5 Å². The lowest BCUT2D eigenvalue weighted by molar-refractivity contribution is 0.443. The molecule has 4 aromatic rings. The van der Waals surface area contributed by atoms with Crippen LogP contribution < -0.4 is 15.0 Å².